The van der Waals surface area contributed by atoms with Crippen LogP contribution in [-0.2, 0) is 9.59 Å². The summed E-state index contributed by atoms with van der Waals surface area (Å²) in [6, 6.07) is 0. The minimum Gasteiger partial charge on any atom is -0.298 e. The second-order valence-electron chi connectivity index (χ2n) is 3.88. The number of thiocarbonyl (C=S) groups is 1. The first kappa shape index (κ1) is 11.0. The highest BCUT2D eigenvalue weighted by Gasteiger charge is 2.34. The number of hydrogen-bond donors (Lipinski definition) is 1. The van der Waals surface area contributed by atoms with Crippen LogP contribution in [0.15, 0.2) is 24.3 Å². The van der Waals surface area contributed by atoms with Gasteiger partial charge in [0.2, 0.25) is 0 Å². The summed E-state index contributed by atoms with van der Waals surface area (Å²) in [5.41, 5.74) is 0.206. The van der Waals surface area contributed by atoms with Gasteiger partial charge in [-0.15, -0.1) is 6.58 Å². The fraction of sp³-hybridized carbons (Fsp3) is 0.364. The average molecular weight is 236 g/mol. The number of allylic oxidation sites excluding steroid dienone is 1. The van der Waals surface area contributed by atoms with E-state index < -0.39 is 0 Å². The highest BCUT2D eigenvalue weighted by Crippen LogP contribution is 2.32. The van der Waals surface area contributed by atoms with Gasteiger partial charge >= 0.3 is 0 Å². The van der Waals surface area contributed by atoms with Gasteiger partial charge in [0.15, 0.2) is 5.11 Å². The van der Waals surface area contributed by atoms with E-state index in [-0.39, 0.29) is 22.5 Å². The van der Waals surface area contributed by atoms with E-state index in [9.17, 15) is 9.59 Å². The number of carbonyl (C=O) groups is 2. The number of nitrogens with zero attached hydrogens (tertiary/aromatic N) is 1. The number of carbonyl (C=O) groups excluding carboxylic acids is 2. The molecule has 84 valence electrons. The lowest BCUT2D eigenvalue weighted by Gasteiger charge is -2.27. The molecule has 0 spiro atoms. The quantitative estimate of drug-likeness (QED) is 0.340. The van der Waals surface area contributed by atoms with Crippen LogP contribution in [0, 0.1) is 5.92 Å². The SMILES string of the molecule is C=CCN1C(=O)/C(=C\C2CC2)C(=O)NC1=S. The van der Waals surface area contributed by atoms with Crippen molar-refractivity contribution in [2.24, 2.45) is 5.92 Å². The molecule has 2 aliphatic rings. The van der Waals surface area contributed by atoms with Crippen molar-refractivity contribution < 1.29 is 9.59 Å². The molecule has 2 rings (SSSR count). The molecule has 0 radical (unpaired) electrons. The lowest BCUT2D eigenvalue weighted by Crippen LogP contribution is -2.54. The number of amides is 2. The van der Waals surface area contributed by atoms with Gasteiger partial charge < -0.3 is 0 Å². The van der Waals surface area contributed by atoms with Crippen LogP contribution in [0.5, 0.6) is 0 Å². The summed E-state index contributed by atoms with van der Waals surface area (Å²) < 4.78 is 0. The van der Waals surface area contributed by atoms with Gasteiger partial charge in [-0.2, -0.15) is 0 Å². The van der Waals surface area contributed by atoms with Gasteiger partial charge in [0.05, 0.1) is 0 Å². The lowest BCUT2D eigenvalue weighted by molar-refractivity contribution is -0.128. The second kappa shape index (κ2) is 4.17. The predicted molar refractivity (Wildman–Crippen MR) is 63.5 cm³/mol. The number of hydrogen-bond acceptors (Lipinski definition) is 3. The van der Waals surface area contributed by atoms with Crippen LogP contribution in [0.3, 0.4) is 0 Å². The molecule has 0 aromatic heterocycles. The molecular weight excluding hydrogens is 224 g/mol. The highest BCUT2D eigenvalue weighted by molar-refractivity contribution is 7.80. The third kappa shape index (κ3) is 2.04. The average Bonchev–Trinajstić information content (AvgIpc) is 3.03. The summed E-state index contributed by atoms with van der Waals surface area (Å²) in [6.45, 7) is 3.87. The molecule has 1 N–H and O–H groups in total. The van der Waals surface area contributed by atoms with E-state index in [1.807, 2.05) is 0 Å². The van der Waals surface area contributed by atoms with Crippen LogP contribution in [0.1, 0.15) is 12.8 Å². The summed E-state index contributed by atoms with van der Waals surface area (Å²) in [7, 11) is 0. The molecule has 2 amide bonds. The third-order valence-electron chi connectivity index (χ3n) is 2.52. The first-order chi connectivity index (χ1) is 7.63. The van der Waals surface area contributed by atoms with Crippen molar-refractivity contribution in [2.45, 2.75) is 12.8 Å². The van der Waals surface area contributed by atoms with Gasteiger partial charge in [-0.3, -0.25) is 19.8 Å². The third-order valence-corrected chi connectivity index (χ3v) is 2.84. The summed E-state index contributed by atoms with van der Waals surface area (Å²) in [4.78, 5) is 24.9. The molecule has 0 aromatic rings. The van der Waals surface area contributed by atoms with Crippen molar-refractivity contribution in [3.63, 3.8) is 0 Å². The highest BCUT2D eigenvalue weighted by atomic mass is 32.1. The van der Waals surface area contributed by atoms with Crippen LogP contribution in [0.25, 0.3) is 0 Å². The Balaban J connectivity index is 2.24. The molecule has 1 aliphatic heterocycles. The van der Waals surface area contributed by atoms with Crippen molar-refractivity contribution in [1.82, 2.24) is 10.2 Å². The molecule has 1 saturated heterocycles. The summed E-state index contributed by atoms with van der Waals surface area (Å²) in [5.74, 6) is -0.329. The zero-order valence-corrected chi connectivity index (χ0v) is 9.55. The fourth-order valence-corrected chi connectivity index (χ4v) is 1.76. The molecule has 0 aromatic carbocycles. The molecule has 0 bridgehead atoms. The molecule has 0 unspecified atom stereocenters. The molecule has 1 aliphatic carbocycles. The first-order valence-corrected chi connectivity index (χ1v) is 5.54. The van der Waals surface area contributed by atoms with E-state index in [0.29, 0.717) is 12.5 Å². The van der Waals surface area contributed by atoms with E-state index in [0.717, 1.165) is 12.8 Å². The molecule has 1 heterocycles. The Morgan fingerprint density at radius 1 is 1.50 bits per heavy atom. The smallest absolute Gasteiger partial charge is 0.265 e. The minimum atomic E-state index is -0.387. The van der Waals surface area contributed by atoms with Crippen LogP contribution >= 0.6 is 12.2 Å². The zero-order valence-electron chi connectivity index (χ0n) is 8.73. The van der Waals surface area contributed by atoms with E-state index >= 15 is 0 Å². The van der Waals surface area contributed by atoms with Crippen molar-refractivity contribution in [3.8, 4) is 0 Å². The molecule has 1 saturated carbocycles. The maximum Gasteiger partial charge on any atom is 0.265 e. The minimum absolute atomic E-state index is 0.155. The molecule has 16 heavy (non-hydrogen) atoms. The van der Waals surface area contributed by atoms with Gasteiger partial charge in [0, 0.05) is 6.54 Å². The van der Waals surface area contributed by atoms with Crippen molar-refractivity contribution in [2.75, 3.05) is 6.54 Å². The van der Waals surface area contributed by atoms with E-state index in [1.54, 1.807) is 12.2 Å². The van der Waals surface area contributed by atoms with Crippen LogP contribution in [-0.4, -0.2) is 28.4 Å². The van der Waals surface area contributed by atoms with Crippen molar-refractivity contribution >= 4 is 29.1 Å². The van der Waals surface area contributed by atoms with Gasteiger partial charge in [-0.05, 0) is 31.0 Å². The molecule has 2 fully saturated rings. The Labute approximate surface area is 99.0 Å². The predicted octanol–water partition coefficient (Wildman–Crippen LogP) is 0.752. The lowest BCUT2D eigenvalue weighted by atomic mass is 10.1. The number of rotatable bonds is 3. The Morgan fingerprint density at radius 3 is 2.75 bits per heavy atom. The molecule has 5 heteroatoms. The van der Waals surface area contributed by atoms with Gasteiger partial charge in [0.25, 0.3) is 11.8 Å². The van der Waals surface area contributed by atoms with E-state index in [1.165, 1.54) is 4.90 Å². The zero-order chi connectivity index (χ0) is 11.7. The second-order valence-corrected chi connectivity index (χ2v) is 4.27. The van der Waals surface area contributed by atoms with Crippen LogP contribution in [0.2, 0.25) is 0 Å². The Morgan fingerprint density at radius 2 is 2.19 bits per heavy atom. The summed E-state index contributed by atoms with van der Waals surface area (Å²) in [5, 5.41) is 2.66. The normalized spacial score (nSPS) is 23.6. The molecule has 4 nitrogen and oxygen atoms in total. The maximum atomic E-state index is 12.0. The van der Waals surface area contributed by atoms with Crippen molar-refractivity contribution in [1.29, 1.82) is 0 Å². The van der Waals surface area contributed by atoms with E-state index in [4.69, 9.17) is 12.2 Å². The number of nitrogens with one attached hydrogen (secondary N) is 1. The van der Waals surface area contributed by atoms with E-state index in [2.05, 4.69) is 11.9 Å². The Kier molecular flexibility index (Phi) is 2.87. The monoisotopic (exact) mass is 236 g/mol. The fourth-order valence-electron chi connectivity index (χ4n) is 1.51. The van der Waals surface area contributed by atoms with Crippen LogP contribution in [0.4, 0.5) is 0 Å². The largest absolute Gasteiger partial charge is 0.298 e. The topological polar surface area (TPSA) is 49.4 Å². The Bertz CT molecular complexity index is 410. The molecule has 0 atom stereocenters. The first-order valence-electron chi connectivity index (χ1n) is 5.13. The summed E-state index contributed by atoms with van der Waals surface area (Å²) in [6.07, 6.45) is 5.43. The van der Waals surface area contributed by atoms with Gasteiger partial charge in [0.1, 0.15) is 5.57 Å². The van der Waals surface area contributed by atoms with Crippen LogP contribution < -0.4 is 5.32 Å². The van der Waals surface area contributed by atoms with Gasteiger partial charge in [-0.1, -0.05) is 12.2 Å². The maximum absolute atomic E-state index is 12.0. The standard InChI is InChI=1S/C11H12N2O2S/c1-2-5-13-10(15)8(6-7-3-4-7)9(14)12-11(13)16/h2,6-7H,1,3-5H2,(H,12,14,16)/b8-6-. The van der Waals surface area contributed by atoms with Crippen molar-refractivity contribution in [3.05, 3.63) is 24.3 Å². The van der Waals surface area contributed by atoms with Gasteiger partial charge in [-0.25, -0.2) is 0 Å². The Hall–Kier alpha value is -1.49. The summed E-state index contributed by atoms with van der Waals surface area (Å²) >= 11 is 4.93. The molecular formula is C11H12N2O2S.